The molecule has 4 rings (SSSR count). The predicted octanol–water partition coefficient (Wildman–Crippen LogP) is 5.22. The standard InChI is InChI=1S/C23H24F3N3O/c1-15-11-20-21(12-16(15)2)29(14-27-20)13-17-7-9-28(10-8-17)22(30)18-5-3-4-6-19(18)23(24,25)26/h3-6,11-12,14,17H,7-10,13H2,1-2H3. The van der Waals surface area contributed by atoms with E-state index in [2.05, 4.69) is 35.5 Å². The number of amides is 1. The smallest absolute Gasteiger partial charge is 0.339 e. The molecule has 0 spiro atoms. The number of likely N-dealkylation sites (tertiary alicyclic amines) is 1. The molecule has 2 aromatic carbocycles. The first-order chi connectivity index (χ1) is 14.2. The van der Waals surface area contributed by atoms with Crippen molar-refractivity contribution in [3.63, 3.8) is 0 Å². The second kappa shape index (κ2) is 7.78. The minimum absolute atomic E-state index is 0.269. The molecule has 158 valence electrons. The fourth-order valence-electron chi connectivity index (χ4n) is 4.14. The summed E-state index contributed by atoms with van der Waals surface area (Å²) in [5.41, 5.74) is 3.35. The Kier molecular flexibility index (Phi) is 5.30. The fourth-order valence-corrected chi connectivity index (χ4v) is 4.14. The summed E-state index contributed by atoms with van der Waals surface area (Å²) < 4.78 is 41.9. The summed E-state index contributed by atoms with van der Waals surface area (Å²) in [4.78, 5) is 18.8. The van der Waals surface area contributed by atoms with Crippen molar-refractivity contribution < 1.29 is 18.0 Å². The van der Waals surface area contributed by atoms with E-state index in [-0.39, 0.29) is 5.56 Å². The molecule has 3 aromatic rings. The van der Waals surface area contributed by atoms with Crippen molar-refractivity contribution in [1.82, 2.24) is 14.5 Å². The Morgan fingerprint density at radius 1 is 1.10 bits per heavy atom. The number of halogens is 3. The zero-order chi connectivity index (χ0) is 21.5. The van der Waals surface area contributed by atoms with Crippen LogP contribution in [-0.4, -0.2) is 33.4 Å². The summed E-state index contributed by atoms with van der Waals surface area (Å²) in [5.74, 6) is -0.188. The number of fused-ring (bicyclic) bond motifs is 1. The van der Waals surface area contributed by atoms with Crippen molar-refractivity contribution in [2.45, 2.75) is 39.4 Å². The van der Waals surface area contributed by atoms with Gasteiger partial charge in [-0.3, -0.25) is 4.79 Å². The second-order valence-corrected chi connectivity index (χ2v) is 8.10. The molecule has 0 aliphatic carbocycles. The average Bonchev–Trinajstić information content (AvgIpc) is 3.09. The van der Waals surface area contributed by atoms with Crippen LogP contribution in [0, 0.1) is 19.8 Å². The van der Waals surface area contributed by atoms with Crippen molar-refractivity contribution in [3.05, 3.63) is 65.0 Å². The van der Waals surface area contributed by atoms with Gasteiger partial charge in [-0.15, -0.1) is 0 Å². The van der Waals surface area contributed by atoms with Crippen LogP contribution in [0.3, 0.4) is 0 Å². The third-order valence-electron chi connectivity index (χ3n) is 6.06. The molecule has 0 atom stereocenters. The maximum atomic E-state index is 13.3. The molecule has 1 aliphatic rings. The first-order valence-corrected chi connectivity index (χ1v) is 10.1. The zero-order valence-electron chi connectivity index (χ0n) is 17.0. The number of benzene rings is 2. The Bertz CT molecular complexity index is 1080. The lowest BCUT2D eigenvalue weighted by atomic mass is 9.95. The number of rotatable bonds is 3. The van der Waals surface area contributed by atoms with Gasteiger partial charge in [-0.05, 0) is 68.0 Å². The zero-order valence-corrected chi connectivity index (χ0v) is 17.0. The van der Waals surface area contributed by atoms with E-state index in [1.165, 1.54) is 29.3 Å². The molecule has 2 heterocycles. The highest BCUT2D eigenvalue weighted by Crippen LogP contribution is 2.33. The van der Waals surface area contributed by atoms with Gasteiger partial charge in [0.1, 0.15) is 0 Å². The third-order valence-corrected chi connectivity index (χ3v) is 6.06. The molecule has 30 heavy (non-hydrogen) atoms. The Morgan fingerprint density at radius 3 is 2.47 bits per heavy atom. The van der Waals surface area contributed by atoms with Gasteiger partial charge < -0.3 is 9.47 Å². The Labute approximate surface area is 173 Å². The number of carbonyl (C=O) groups excluding carboxylic acids is 1. The van der Waals surface area contributed by atoms with E-state index in [9.17, 15) is 18.0 Å². The van der Waals surface area contributed by atoms with Gasteiger partial charge in [0.25, 0.3) is 5.91 Å². The molecular weight excluding hydrogens is 391 g/mol. The third kappa shape index (κ3) is 3.93. The van der Waals surface area contributed by atoms with Crippen molar-refractivity contribution in [2.24, 2.45) is 5.92 Å². The number of aromatic nitrogens is 2. The minimum atomic E-state index is -4.54. The molecule has 0 N–H and O–H groups in total. The summed E-state index contributed by atoms with van der Waals surface area (Å²) in [5, 5.41) is 0. The van der Waals surface area contributed by atoms with E-state index in [1.807, 2.05) is 6.33 Å². The van der Waals surface area contributed by atoms with E-state index in [0.29, 0.717) is 19.0 Å². The van der Waals surface area contributed by atoms with E-state index in [4.69, 9.17) is 0 Å². The molecule has 1 fully saturated rings. The normalized spacial score (nSPS) is 15.7. The minimum Gasteiger partial charge on any atom is -0.339 e. The lowest BCUT2D eigenvalue weighted by Gasteiger charge is -2.32. The quantitative estimate of drug-likeness (QED) is 0.588. The highest BCUT2D eigenvalue weighted by Gasteiger charge is 2.36. The van der Waals surface area contributed by atoms with Crippen molar-refractivity contribution in [2.75, 3.05) is 13.1 Å². The maximum Gasteiger partial charge on any atom is 0.417 e. The summed E-state index contributed by atoms with van der Waals surface area (Å²) in [6.45, 7) is 5.85. The topological polar surface area (TPSA) is 38.1 Å². The van der Waals surface area contributed by atoms with Gasteiger partial charge in [0.2, 0.25) is 0 Å². The van der Waals surface area contributed by atoms with Crippen LogP contribution >= 0.6 is 0 Å². The van der Waals surface area contributed by atoms with Crippen LogP contribution in [0.15, 0.2) is 42.7 Å². The van der Waals surface area contributed by atoms with Crippen LogP contribution in [-0.2, 0) is 12.7 Å². The lowest BCUT2D eigenvalue weighted by Crippen LogP contribution is -2.40. The summed E-state index contributed by atoms with van der Waals surface area (Å²) >= 11 is 0. The van der Waals surface area contributed by atoms with Gasteiger partial charge in [-0.2, -0.15) is 13.2 Å². The molecule has 1 amide bonds. The van der Waals surface area contributed by atoms with Crippen molar-refractivity contribution in [3.8, 4) is 0 Å². The van der Waals surface area contributed by atoms with Crippen LogP contribution in [0.25, 0.3) is 11.0 Å². The monoisotopic (exact) mass is 415 g/mol. The fraction of sp³-hybridized carbons (Fsp3) is 0.391. The van der Waals surface area contributed by atoms with Gasteiger partial charge in [-0.1, -0.05) is 12.1 Å². The van der Waals surface area contributed by atoms with Crippen LogP contribution in [0.2, 0.25) is 0 Å². The number of hydrogen-bond acceptors (Lipinski definition) is 2. The molecule has 0 radical (unpaired) electrons. The number of alkyl halides is 3. The second-order valence-electron chi connectivity index (χ2n) is 8.10. The lowest BCUT2D eigenvalue weighted by molar-refractivity contribution is -0.138. The summed E-state index contributed by atoms with van der Waals surface area (Å²) in [7, 11) is 0. The van der Waals surface area contributed by atoms with Crippen molar-refractivity contribution >= 4 is 16.9 Å². The highest BCUT2D eigenvalue weighted by atomic mass is 19.4. The Morgan fingerprint density at radius 2 is 1.77 bits per heavy atom. The molecule has 1 saturated heterocycles. The van der Waals surface area contributed by atoms with Crippen LogP contribution < -0.4 is 0 Å². The van der Waals surface area contributed by atoms with Gasteiger partial charge in [0.05, 0.1) is 28.5 Å². The van der Waals surface area contributed by atoms with Crippen LogP contribution in [0.1, 0.15) is 39.9 Å². The maximum absolute atomic E-state index is 13.3. The van der Waals surface area contributed by atoms with Gasteiger partial charge >= 0.3 is 6.18 Å². The first kappa shape index (κ1) is 20.4. The molecule has 7 heteroatoms. The first-order valence-electron chi connectivity index (χ1n) is 10.1. The van der Waals surface area contributed by atoms with E-state index in [1.54, 1.807) is 4.90 Å². The molecule has 0 unspecified atom stereocenters. The van der Waals surface area contributed by atoms with Crippen LogP contribution in [0.4, 0.5) is 13.2 Å². The predicted molar refractivity (Wildman–Crippen MR) is 109 cm³/mol. The molecule has 0 bridgehead atoms. The number of hydrogen-bond donors (Lipinski definition) is 0. The van der Waals surface area contributed by atoms with E-state index in [0.717, 1.165) is 36.5 Å². The number of nitrogens with zero attached hydrogens (tertiary/aromatic N) is 3. The van der Waals surface area contributed by atoms with Crippen LogP contribution in [0.5, 0.6) is 0 Å². The molecule has 1 aliphatic heterocycles. The molecule has 0 saturated carbocycles. The average molecular weight is 415 g/mol. The number of aryl methyl sites for hydroxylation is 2. The highest BCUT2D eigenvalue weighted by molar-refractivity contribution is 5.96. The number of piperidine rings is 1. The van der Waals surface area contributed by atoms with E-state index < -0.39 is 17.6 Å². The van der Waals surface area contributed by atoms with Gasteiger partial charge in [0, 0.05) is 19.6 Å². The van der Waals surface area contributed by atoms with E-state index >= 15 is 0 Å². The number of carbonyl (C=O) groups is 1. The van der Waals surface area contributed by atoms with Gasteiger partial charge in [0.15, 0.2) is 0 Å². The number of imidazole rings is 1. The summed E-state index contributed by atoms with van der Waals surface area (Å²) in [6, 6.07) is 9.24. The SMILES string of the molecule is Cc1cc2ncn(CC3CCN(C(=O)c4ccccc4C(F)(F)F)CC3)c2cc1C. The van der Waals surface area contributed by atoms with Gasteiger partial charge in [-0.25, -0.2) is 4.98 Å². The Hall–Kier alpha value is -2.83. The largest absolute Gasteiger partial charge is 0.417 e. The molecule has 1 aromatic heterocycles. The Balaban J connectivity index is 1.44. The molecular formula is C23H24F3N3O. The summed E-state index contributed by atoms with van der Waals surface area (Å²) in [6.07, 6.45) is -1.18. The van der Waals surface area contributed by atoms with Crippen molar-refractivity contribution in [1.29, 1.82) is 0 Å². The molecule has 4 nitrogen and oxygen atoms in total.